The van der Waals surface area contributed by atoms with Crippen LogP contribution in [0.1, 0.15) is 22.2 Å². The Hall–Kier alpha value is -3.24. The summed E-state index contributed by atoms with van der Waals surface area (Å²) in [5, 5.41) is 12.8. The van der Waals surface area contributed by atoms with Crippen LogP contribution in [0.5, 0.6) is 5.75 Å². The molecule has 0 aliphatic rings. The lowest BCUT2D eigenvalue weighted by Gasteiger charge is -2.20. The number of nitro groups is 1. The Morgan fingerprint density at radius 2 is 1.87 bits per heavy atom. The number of carbonyl (C=O) groups is 1. The predicted molar refractivity (Wildman–Crippen MR) is 112 cm³/mol. The number of non-ortho nitro benzene ring substituents is 1. The quantitative estimate of drug-likeness (QED) is 0.293. The standard InChI is InChI=1S/C20H18N2O6S2/c1-2-21(14-18-6-4-12-29-18)20(23)15-8-10-17(11-9-15)28-30(26,27)19-7-3-5-16(13-19)22(24)25/h3-13H,2,14H2,1H3. The lowest BCUT2D eigenvalue weighted by molar-refractivity contribution is -0.385. The number of thiophene rings is 1. The molecule has 3 rings (SSSR count). The maximum atomic E-state index is 12.7. The van der Waals surface area contributed by atoms with Crippen molar-refractivity contribution in [1.29, 1.82) is 0 Å². The van der Waals surface area contributed by atoms with Gasteiger partial charge in [0, 0.05) is 29.1 Å². The molecule has 2 aromatic carbocycles. The molecule has 0 saturated heterocycles. The first kappa shape index (κ1) is 21.5. The highest BCUT2D eigenvalue weighted by molar-refractivity contribution is 7.87. The van der Waals surface area contributed by atoms with E-state index in [1.807, 2.05) is 24.4 Å². The van der Waals surface area contributed by atoms with Gasteiger partial charge >= 0.3 is 10.1 Å². The molecule has 0 radical (unpaired) electrons. The fourth-order valence-electron chi connectivity index (χ4n) is 2.68. The molecule has 0 unspecified atom stereocenters. The van der Waals surface area contributed by atoms with Crippen LogP contribution < -0.4 is 4.18 Å². The summed E-state index contributed by atoms with van der Waals surface area (Å²) in [7, 11) is -4.26. The summed E-state index contributed by atoms with van der Waals surface area (Å²) < 4.78 is 29.9. The van der Waals surface area contributed by atoms with Crippen molar-refractivity contribution < 1.29 is 22.3 Å². The Bertz CT molecular complexity index is 1140. The summed E-state index contributed by atoms with van der Waals surface area (Å²) in [4.78, 5) is 25.3. The highest BCUT2D eigenvalue weighted by atomic mass is 32.2. The molecular weight excluding hydrogens is 428 g/mol. The van der Waals surface area contributed by atoms with Crippen molar-refractivity contribution in [2.45, 2.75) is 18.4 Å². The Kier molecular flexibility index (Phi) is 6.48. The summed E-state index contributed by atoms with van der Waals surface area (Å²) in [5.74, 6) is -0.182. The minimum atomic E-state index is -4.26. The van der Waals surface area contributed by atoms with Gasteiger partial charge < -0.3 is 9.08 Å². The Labute approximate surface area is 177 Å². The molecule has 30 heavy (non-hydrogen) atoms. The van der Waals surface area contributed by atoms with E-state index in [9.17, 15) is 23.3 Å². The first-order chi connectivity index (χ1) is 14.3. The van der Waals surface area contributed by atoms with Gasteiger partial charge in [0.1, 0.15) is 10.6 Å². The molecule has 1 aromatic heterocycles. The van der Waals surface area contributed by atoms with Crippen LogP contribution in [0.3, 0.4) is 0 Å². The molecule has 156 valence electrons. The van der Waals surface area contributed by atoms with Crippen LogP contribution in [0, 0.1) is 10.1 Å². The molecule has 0 N–H and O–H groups in total. The van der Waals surface area contributed by atoms with Gasteiger partial charge in [-0.2, -0.15) is 8.42 Å². The van der Waals surface area contributed by atoms with Crippen LogP contribution in [-0.2, 0) is 16.7 Å². The van der Waals surface area contributed by atoms with Crippen molar-refractivity contribution in [2.24, 2.45) is 0 Å². The highest BCUT2D eigenvalue weighted by Crippen LogP contribution is 2.23. The zero-order valence-electron chi connectivity index (χ0n) is 15.9. The number of hydrogen-bond acceptors (Lipinski definition) is 7. The normalized spacial score (nSPS) is 11.1. The van der Waals surface area contributed by atoms with E-state index in [2.05, 4.69) is 0 Å². The summed E-state index contributed by atoms with van der Waals surface area (Å²) in [6.45, 7) is 2.90. The zero-order valence-corrected chi connectivity index (χ0v) is 17.6. The van der Waals surface area contributed by atoms with Crippen LogP contribution in [0.25, 0.3) is 0 Å². The second kappa shape index (κ2) is 9.06. The van der Waals surface area contributed by atoms with E-state index in [-0.39, 0.29) is 22.2 Å². The van der Waals surface area contributed by atoms with Gasteiger partial charge in [0.2, 0.25) is 0 Å². The molecule has 1 amide bonds. The summed E-state index contributed by atoms with van der Waals surface area (Å²) in [5.41, 5.74) is 0.0412. The van der Waals surface area contributed by atoms with Gasteiger partial charge in [0.25, 0.3) is 11.6 Å². The Balaban J connectivity index is 1.74. The molecule has 0 aliphatic heterocycles. The second-order valence-corrected chi connectivity index (χ2v) is 8.79. The molecule has 10 heteroatoms. The maximum absolute atomic E-state index is 12.7. The zero-order chi connectivity index (χ0) is 21.7. The Morgan fingerprint density at radius 3 is 2.47 bits per heavy atom. The predicted octanol–water partition coefficient (Wildman–Crippen LogP) is 4.09. The largest absolute Gasteiger partial charge is 0.379 e. The van der Waals surface area contributed by atoms with Crippen molar-refractivity contribution in [2.75, 3.05) is 6.54 Å². The SMILES string of the molecule is CCN(Cc1cccs1)C(=O)c1ccc(OS(=O)(=O)c2cccc([N+](=O)[O-])c2)cc1. The van der Waals surface area contributed by atoms with E-state index in [0.717, 1.165) is 10.9 Å². The minimum absolute atomic E-state index is 0.000591. The van der Waals surface area contributed by atoms with E-state index in [0.29, 0.717) is 18.7 Å². The number of nitrogens with zero attached hydrogens (tertiary/aromatic N) is 2. The van der Waals surface area contributed by atoms with Crippen molar-refractivity contribution in [3.63, 3.8) is 0 Å². The van der Waals surface area contributed by atoms with Crippen LogP contribution in [0.2, 0.25) is 0 Å². The number of amides is 1. The number of hydrogen-bond donors (Lipinski definition) is 0. The van der Waals surface area contributed by atoms with Gasteiger partial charge in [-0.15, -0.1) is 11.3 Å². The van der Waals surface area contributed by atoms with Crippen molar-refractivity contribution in [3.05, 3.63) is 86.6 Å². The highest BCUT2D eigenvalue weighted by Gasteiger charge is 2.21. The first-order valence-electron chi connectivity index (χ1n) is 8.91. The lowest BCUT2D eigenvalue weighted by atomic mass is 10.2. The summed E-state index contributed by atoms with van der Waals surface area (Å²) in [6, 6.07) is 14.2. The molecule has 0 aliphatic carbocycles. The molecule has 1 heterocycles. The van der Waals surface area contributed by atoms with Crippen LogP contribution in [-0.4, -0.2) is 30.7 Å². The van der Waals surface area contributed by atoms with Crippen LogP contribution in [0.15, 0.2) is 70.9 Å². The first-order valence-corrected chi connectivity index (χ1v) is 11.2. The smallest absolute Gasteiger partial charge is 0.339 e. The Morgan fingerprint density at radius 1 is 1.13 bits per heavy atom. The van der Waals surface area contributed by atoms with Crippen molar-refractivity contribution >= 4 is 33.0 Å². The molecule has 0 fully saturated rings. The van der Waals surface area contributed by atoms with E-state index < -0.39 is 15.0 Å². The van der Waals surface area contributed by atoms with E-state index in [1.54, 1.807) is 16.2 Å². The fourth-order valence-corrected chi connectivity index (χ4v) is 4.37. The van der Waals surface area contributed by atoms with Crippen LogP contribution >= 0.6 is 11.3 Å². The molecular formula is C20H18N2O6S2. The number of rotatable bonds is 8. The summed E-state index contributed by atoms with van der Waals surface area (Å²) >= 11 is 1.57. The monoisotopic (exact) mass is 446 g/mol. The van der Waals surface area contributed by atoms with Gasteiger partial charge in [-0.3, -0.25) is 14.9 Å². The van der Waals surface area contributed by atoms with Gasteiger partial charge in [-0.25, -0.2) is 0 Å². The average Bonchev–Trinajstić information content (AvgIpc) is 3.25. The maximum Gasteiger partial charge on any atom is 0.339 e. The third-order valence-electron chi connectivity index (χ3n) is 4.22. The topological polar surface area (TPSA) is 107 Å². The molecule has 8 nitrogen and oxygen atoms in total. The number of carbonyl (C=O) groups excluding carboxylic acids is 1. The van der Waals surface area contributed by atoms with Crippen LogP contribution in [0.4, 0.5) is 5.69 Å². The molecule has 0 spiro atoms. The van der Waals surface area contributed by atoms with E-state index in [4.69, 9.17) is 4.18 Å². The number of nitro benzene ring substituents is 1. The molecule has 3 aromatic rings. The molecule has 0 atom stereocenters. The van der Waals surface area contributed by atoms with Crippen molar-refractivity contribution in [1.82, 2.24) is 4.90 Å². The van der Waals surface area contributed by atoms with E-state index >= 15 is 0 Å². The summed E-state index contributed by atoms with van der Waals surface area (Å²) in [6.07, 6.45) is 0. The molecule has 0 bridgehead atoms. The molecule has 0 saturated carbocycles. The fraction of sp³-hybridized carbons (Fsp3) is 0.150. The van der Waals surface area contributed by atoms with Gasteiger partial charge in [0.15, 0.2) is 0 Å². The average molecular weight is 447 g/mol. The van der Waals surface area contributed by atoms with Crippen molar-refractivity contribution in [3.8, 4) is 5.75 Å². The van der Waals surface area contributed by atoms with Gasteiger partial charge in [0.05, 0.1) is 11.5 Å². The second-order valence-electron chi connectivity index (χ2n) is 6.21. The minimum Gasteiger partial charge on any atom is -0.379 e. The van der Waals surface area contributed by atoms with Gasteiger partial charge in [-0.05, 0) is 48.7 Å². The van der Waals surface area contributed by atoms with E-state index in [1.165, 1.54) is 42.5 Å². The lowest BCUT2D eigenvalue weighted by Crippen LogP contribution is -2.29. The third kappa shape index (κ3) is 5.02. The third-order valence-corrected chi connectivity index (χ3v) is 6.32. The van der Waals surface area contributed by atoms with Gasteiger partial charge in [-0.1, -0.05) is 12.1 Å². The number of benzene rings is 2.